The number of aryl methyl sites for hydroxylation is 1. The molecule has 1 atom stereocenters. The van der Waals surface area contributed by atoms with Gasteiger partial charge in [0.2, 0.25) is 0 Å². The molecule has 1 heterocycles. The normalized spacial score (nSPS) is 12.0. The van der Waals surface area contributed by atoms with Crippen LogP contribution in [0.15, 0.2) is 35.7 Å². The van der Waals surface area contributed by atoms with Gasteiger partial charge in [0.15, 0.2) is 0 Å². The minimum absolute atomic E-state index is 0.0268. The molecule has 0 aliphatic rings. The zero-order valence-corrected chi connectivity index (χ0v) is 13.6. The molecule has 0 radical (unpaired) electrons. The Bertz CT molecular complexity index is 593. The van der Waals surface area contributed by atoms with Crippen LogP contribution in [0.4, 0.5) is 5.69 Å². The van der Waals surface area contributed by atoms with E-state index in [2.05, 4.69) is 17.6 Å². The summed E-state index contributed by atoms with van der Waals surface area (Å²) in [6, 6.07) is 9.88. The lowest BCUT2D eigenvalue weighted by atomic mass is 10.1. The Kier molecular flexibility index (Phi) is 5.39. The maximum atomic E-state index is 12.3. The fourth-order valence-corrected chi connectivity index (χ4v) is 2.89. The molecule has 0 saturated carbocycles. The standard InChI is InChI=1S/C17H22N2OS/c1-4-9-18-15-8-7-14(11-12(15)2)17(20)19-13(3)16-6-5-10-21-16/h5-8,10-11,13,18H,4,9H2,1-3H3,(H,19,20). The van der Waals surface area contributed by atoms with Gasteiger partial charge in [-0.2, -0.15) is 0 Å². The molecule has 0 spiro atoms. The number of anilines is 1. The van der Waals surface area contributed by atoms with Crippen molar-refractivity contribution in [2.75, 3.05) is 11.9 Å². The van der Waals surface area contributed by atoms with Gasteiger partial charge in [0, 0.05) is 22.7 Å². The summed E-state index contributed by atoms with van der Waals surface area (Å²) in [7, 11) is 0. The van der Waals surface area contributed by atoms with Crippen LogP contribution in [0.3, 0.4) is 0 Å². The number of thiophene rings is 1. The minimum Gasteiger partial charge on any atom is -0.385 e. The van der Waals surface area contributed by atoms with Crippen molar-refractivity contribution in [3.63, 3.8) is 0 Å². The van der Waals surface area contributed by atoms with Gasteiger partial charge in [0.05, 0.1) is 6.04 Å². The first-order valence-corrected chi connectivity index (χ1v) is 8.18. The molecule has 0 bridgehead atoms. The molecule has 0 saturated heterocycles. The van der Waals surface area contributed by atoms with E-state index in [1.54, 1.807) is 11.3 Å². The van der Waals surface area contributed by atoms with Gasteiger partial charge in [-0.1, -0.05) is 13.0 Å². The monoisotopic (exact) mass is 302 g/mol. The topological polar surface area (TPSA) is 41.1 Å². The summed E-state index contributed by atoms with van der Waals surface area (Å²) >= 11 is 1.66. The molecule has 0 fully saturated rings. The fourth-order valence-electron chi connectivity index (χ4n) is 2.15. The molecule has 0 aliphatic carbocycles. The molecule has 2 aromatic rings. The van der Waals surface area contributed by atoms with Crippen molar-refractivity contribution in [1.82, 2.24) is 5.32 Å². The number of amides is 1. The van der Waals surface area contributed by atoms with Crippen LogP contribution in [0.2, 0.25) is 0 Å². The van der Waals surface area contributed by atoms with Gasteiger partial charge >= 0.3 is 0 Å². The van der Waals surface area contributed by atoms with Crippen LogP contribution in [0.25, 0.3) is 0 Å². The van der Waals surface area contributed by atoms with Crippen LogP contribution in [0.5, 0.6) is 0 Å². The van der Waals surface area contributed by atoms with E-state index in [4.69, 9.17) is 0 Å². The second kappa shape index (κ2) is 7.27. The molecular formula is C17H22N2OS. The third kappa shape index (κ3) is 4.08. The number of hydrogen-bond donors (Lipinski definition) is 2. The maximum absolute atomic E-state index is 12.3. The second-order valence-electron chi connectivity index (χ2n) is 5.17. The van der Waals surface area contributed by atoms with E-state index in [1.165, 1.54) is 4.88 Å². The van der Waals surface area contributed by atoms with Crippen molar-refractivity contribution in [2.45, 2.75) is 33.2 Å². The molecule has 3 nitrogen and oxygen atoms in total. The lowest BCUT2D eigenvalue weighted by Crippen LogP contribution is -2.26. The molecular weight excluding hydrogens is 280 g/mol. The summed E-state index contributed by atoms with van der Waals surface area (Å²) in [6.07, 6.45) is 1.08. The smallest absolute Gasteiger partial charge is 0.251 e. The summed E-state index contributed by atoms with van der Waals surface area (Å²) in [5.74, 6) is -0.0268. The Morgan fingerprint density at radius 1 is 1.33 bits per heavy atom. The van der Waals surface area contributed by atoms with Gasteiger partial charge in [0.1, 0.15) is 0 Å². The SMILES string of the molecule is CCCNc1ccc(C(=O)NC(C)c2cccs2)cc1C. The van der Waals surface area contributed by atoms with Gasteiger partial charge in [-0.25, -0.2) is 0 Å². The summed E-state index contributed by atoms with van der Waals surface area (Å²) in [4.78, 5) is 13.5. The van der Waals surface area contributed by atoms with Gasteiger partial charge < -0.3 is 10.6 Å². The summed E-state index contributed by atoms with van der Waals surface area (Å²) in [5, 5.41) is 8.43. The zero-order chi connectivity index (χ0) is 15.2. The summed E-state index contributed by atoms with van der Waals surface area (Å²) in [5.41, 5.74) is 2.90. The van der Waals surface area contributed by atoms with Gasteiger partial charge in [-0.3, -0.25) is 4.79 Å². The lowest BCUT2D eigenvalue weighted by Gasteiger charge is -2.14. The number of benzene rings is 1. The highest BCUT2D eigenvalue weighted by Gasteiger charge is 2.12. The maximum Gasteiger partial charge on any atom is 0.251 e. The Labute approximate surface area is 130 Å². The van der Waals surface area contributed by atoms with Crippen molar-refractivity contribution in [3.05, 3.63) is 51.7 Å². The lowest BCUT2D eigenvalue weighted by molar-refractivity contribution is 0.0940. The van der Waals surface area contributed by atoms with Crippen LogP contribution >= 0.6 is 11.3 Å². The molecule has 1 aromatic carbocycles. The first-order chi connectivity index (χ1) is 10.1. The average molecular weight is 302 g/mol. The van der Waals surface area contributed by atoms with E-state index in [9.17, 15) is 4.79 Å². The Balaban J connectivity index is 2.04. The second-order valence-corrected chi connectivity index (χ2v) is 6.15. The molecule has 112 valence electrons. The number of nitrogens with one attached hydrogen (secondary N) is 2. The van der Waals surface area contributed by atoms with E-state index in [1.807, 2.05) is 49.6 Å². The van der Waals surface area contributed by atoms with Crippen molar-refractivity contribution < 1.29 is 4.79 Å². The van der Waals surface area contributed by atoms with Crippen molar-refractivity contribution in [3.8, 4) is 0 Å². The Morgan fingerprint density at radius 2 is 2.14 bits per heavy atom. The predicted octanol–water partition coefficient (Wildman–Crippen LogP) is 4.37. The highest BCUT2D eigenvalue weighted by molar-refractivity contribution is 7.10. The Hall–Kier alpha value is -1.81. The largest absolute Gasteiger partial charge is 0.385 e. The van der Waals surface area contributed by atoms with E-state index in [-0.39, 0.29) is 11.9 Å². The Morgan fingerprint density at radius 3 is 2.76 bits per heavy atom. The van der Waals surface area contributed by atoms with Crippen molar-refractivity contribution >= 4 is 22.9 Å². The van der Waals surface area contributed by atoms with Crippen LogP contribution in [0.1, 0.15) is 47.1 Å². The molecule has 4 heteroatoms. The van der Waals surface area contributed by atoms with Gasteiger partial charge in [-0.05, 0) is 55.5 Å². The van der Waals surface area contributed by atoms with Crippen LogP contribution in [0, 0.1) is 6.92 Å². The molecule has 1 unspecified atom stereocenters. The van der Waals surface area contributed by atoms with Gasteiger partial charge in [-0.15, -0.1) is 11.3 Å². The molecule has 2 rings (SSSR count). The molecule has 1 aromatic heterocycles. The number of rotatable bonds is 6. The van der Waals surface area contributed by atoms with Crippen LogP contribution < -0.4 is 10.6 Å². The van der Waals surface area contributed by atoms with Crippen LogP contribution in [-0.4, -0.2) is 12.5 Å². The van der Waals surface area contributed by atoms with E-state index >= 15 is 0 Å². The van der Waals surface area contributed by atoms with Crippen molar-refractivity contribution in [1.29, 1.82) is 0 Å². The summed E-state index contributed by atoms with van der Waals surface area (Å²) < 4.78 is 0. The molecule has 21 heavy (non-hydrogen) atoms. The first kappa shape index (κ1) is 15.6. The quantitative estimate of drug-likeness (QED) is 0.832. The third-order valence-corrected chi connectivity index (χ3v) is 4.43. The van der Waals surface area contributed by atoms with E-state index < -0.39 is 0 Å². The van der Waals surface area contributed by atoms with Gasteiger partial charge in [0.25, 0.3) is 5.91 Å². The minimum atomic E-state index is -0.0268. The van der Waals surface area contributed by atoms with E-state index in [0.29, 0.717) is 5.56 Å². The molecule has 1 amide bonds. The average Bonchev–Trinajstić information content (AvgIpc) is 3.00. The number of carbonyl (C=O) groups is 1. The summed E-state index contributed by atoms with van der Waals surface area (Å²) in [6.45, 7) is 7.11. The first-order valence-electron chi connectivity index (χ1n) is 7.30. The fraction of sp³-hybridized carbons (Fsp3) is 0.353. The number of carbonyl (C=O) groups excluding carboxylic acids is 1. The van der Waals surface area contributed by atoms with E-state index in [0.717, 1.165) is 24.2 Å². The van der Waals surface area contributed by atoms with Crippen molar-refractivity contribution in [2.24, 2.45) is 0 Å². The highest BCUT2D eigenvalue weighted by Crippen LogP contribution is 2.20. The van der Waals surface area contributed by atoms with Crippen LogP contribution in [-0.2, 0) is 0 Å². The molecule has 0 aliphatic heterocycles. The zero-order valence-electron chi connectivity index (χ0n) is 12.8. The molecule has 2 N–H and O–H groups in total. The number of hydrogen-bond acceptors (Lipinski definition) is 3. The highest BCUT2D eigenvalue weighted by atomic mass is 32.1. The third-order valence-electron chi connectivity index (χ3n) is 3.37. The predicted molar refractivity (Wildman–Crippen MR) is 90.2 cm³/mol.